The molecular formula is C14H14FN5O. The molecule has 0 aromatic carbocycles. The molecule has 1 fully saturated rings. The number of nitrogens with one attached hydrogen (secondary N) is 1. The van der Waals surface area contributed by atoms with Gasteiger partial charge in [-0.3, -0.25) is 9.78 Å². The summed E-state index contributed by atoms with van der Waals surface area (Å²) in [4.78, 5) is 25.9. The summed E-state index contributed by atoms with van der Waals surface area (Å²) >= 11 is 0. The molecule has 3 heterocycles. The number of hydrogen-bond acceptors (Lipinski definition) is 5. The van der Waals surface area contributed by atoms with Crippen molar-refractivity contribution in [2.75, 3.05) is 16.8 Å². The van der Waals surface area contributed by atoms with E-state index in [0.29, 0.717) is 13.0 Å². The molecule has 0 radical (unpaired) electrons. The topological polar surface area (TPSA) is 71.0 Å². The Morgan fingerprint density at radius 2 is 2.10 bits per heavy atom. The molecule has 0 bridgehead atoms. The number of aromatic nitrogens is 3. The molecule has 1 atom stereocenters. The standard InChI is InChI=1S/C14H14FN5O/c15-10-7-17-14(18-8-10)19-12-4-2-6-20(13(12)21)11-3-1-5-16-9-11/h1,3,5,7-9,12H,2,4,6H2,(H,17,18,19)/t12-/m0/s1. The van der Waals surface area contributed by atoms with Crippen molar-refractivity contribution in [1.82, 2.24) is 15.0 Å². The molecule has 1 N–H and O–H groups in total. The van der Waals surface area contributed by atoms with E-state index in [4.69, 9.17) is 0 Å². The third-order valence-electron chi connectivity index (χ3n) is 3.32. The van der Waals surface area contributed by atoms with Crippen LogP contribution in [0.2, 0.25) is 0 Å². The van der Waals surface area contributed by atoms with Gasteiger partial charge in [-0.05, 0) is 25.0 Å². The first-order valence-corrected chi connectivity index (χ1v) is 6.69. The molecule has 7 heteroatoms. The number of anilines is 2. The van der Waals surface area contributed by atoms with E-state index in [1.807, 2.05) is 6.07 Å². The third kappa shape index (κ3) is 2.96. The Hall–Kier alpha value is -2.57. The fraction of sp³-hybridized carbons (Fsp3) is 0.286. The lowest BCUT2D eigenvalue weighted by Gasteiger charge is -2.32. The van der Waals surface area contributed by atoms with Crippen LogP contribution in [0.15, 0.2) is 36.9 Å². The highest BCUT2D eigenvalue weighted by atomic mass is 19.1. The van der Waals surface area contributed by atoms with Gasteiger partial charge in [0.1, 0.15) is 6.04 Å². The van der Waals surface area contributed by atoms with Gasteiger partial charge in [0.2, 0.25) is 11.9 Å². The summed E-state index contributed by atoms with van der Waals surface area (Å²) in [6, 6.07) is 3.23. The molecule has 2 aromatic rings. The maximum atomic E-state index is 12.8. The minimum absolute atomic E-state index is 0.0535. The number of carbonyl (C=O) groups is 1. The summed E-state index contributed by atoms with van der Waals surface area (Å²) in [6.45, 7) is 0.660. The number of hydrogen-bond donors (Lipinski definition) is 1. The quantitative estimate of drug-likeness (QED) is 0.928. The van der Waals surface area contributed by atoms with Crippen molar-refractivity contribution in [3.05, 3.63) is 42.7 Å². The fourth-order valence-corrected chi connectivity index (χ4v) is 2.32. The Morgan fingerprint density at radius 3 is 2.81 bits per heavy atom. The van der Waals surface area contributed by atoms with Crippen LogP contribution in [-0.2, 0) is 4.79 Å². The zero-order valence-electron chi connectivity index (χ0n) is 11.2. The Morgan fingerprint density at radius 1 is 1.29 bits per heavy atom. The summed E-state index contributed by atoms with van der Waals surface area (Å²) in [5, 5.41) is 2.96. The first-order chi connectivity index (χ1) is 10.2. The lowest BCUT2D eigenvalue weighted by atomic mass is 10.0. The average Bonchev–Trinajstić information content (AvgIpc) is 2.52. The van der Waals surface area contributed by atoms with Crippen molar-refractivity contribution in [2.45, 2.75) is 18.9 Å². The molecule has 3 rings (SSSR count). The van der Waals surface area contributed by atoms with Crippen LogP contribution in [-0.4, -0.2) is 33.4 Å². The van der Waals surface area contributed by atoms with E-state index in [-0.39, 0.29) is 11.9 Å². The van der Waals surface area contributed by atoms with Crippen LogP contribution in [0.3, 0.4) is 0 Å². The number of pyridine rings is 1. The Balaban J connectivity index is 1.74. The molecule has 1 aliphatic rings. The van der Waals surface area contributed by atoms with Crippen molar-refractivity contribution in [3.63, 3.8) is 0 Å². The minimum atomic E-state index is -0.507. The predicted octanol–water partition coefficient (Wildman–Crippen LogP) is 1.62. The number of halogens is 1. The monoisotopic (exact) mass is 287 g/mol. The zero-order valence-corrected chi connectivity index (χ0v) is 11.2. The van der Waals surface area contributed by atoms with E-state index in [1.54, 1.807) is 23.4 Å². The second kappa shape index (κ2) is 5.82. The highest BCUT2D eigenvalue weighted by molar-refractivity contribution is 5.99. The van der Waals surface area contributed by atoms with Crippen molar-refractivity contribution in [3.8, 4) is 0 Å². The molecular weight excluding hydrogens is 273 g/mol. The molecule has 21 heavy (non-hydrogen) atoms. The van der Waals surface area contributed by atoms with Gasteiger partial charge in [0.25, 0.3) is 0 Å². The van der Waals surface area contributed by atoms with Gasteiger partial charge in [-0.25, -0.2) is 14.4 Å². The first-order valence-electron chi connectivity index (χ1n) is 6.69. The second-order valence-corrected chi connectivity index (χ2v) is 4.77. The summed E-state index contributed by atoms with van der Waals surface area (Å²) in [6.07, 6.45) is 7.02. The van der Waals surface area contributed by atoms with Gasteiger partial charge in [-0.2, -0.15) is 0 Å². The summed E-state index contributed by atoms with van der Waals surface area (Å²) in [5.41, 5.74) is 0.772. The Labute approximate surface area is 121 Å². The first kappa shape index (κ1) is 13.4. The average molecular weight is 287 g/mol. The van der Waals surface area contributed by atoms with E-state index in [9.17, 15) is 9.18 Å². The van der Waals surface area contributed by atoms with E-state index >= 15 is 0 Å². The molecule has 0 spiro atoms. The lowest BCUT2D eigenvalue weighted by molar-refractivity contribution is -0.120. The van der Waals surface area contributed by atoms with Gasteiger partial charge in [-0.15, -0.1) is 0 Å². The Kier molecular flexibility index (Phi) is 3.72. The van der Waals surface area contributed by atoms with Crippen LogP contribution in [0.1, 0.15) is 12.8 Å². The van der Waals surface area contributed by atoms with Gasteiger partial charge >= 0.3 is 0 Å². The van der Waals surface area contributed by atoms with Gasteiger partial charge in [0.05, 0.1) is 24.3 Å². The number of piperidine rings is 1. The SMILES string of the molecule is O=C1[C@@H](Nc2ncc(F)cn2)CCCN1c1cccnc1. The summed E-state index contributed by atoms with van der Waals surface area (Å²) < 4.78 is 12.8. The smallest absolute Gasteiger partial charge is 0.249 e. The summed E-state index contributed by atoms with van der Waals surface area (Å²) in [7, 11) is 0. The third-order valence-corrected chi connectivity index (χ3v) is 3.32. The molecule has 6 nitrogen and oxygen atoms in total. The largest absolute Gasteiger partial charge is 0.342 e. The van der Waals surface area contributed by atoms with Crippen LogP contribution in [0.4, 0.5) is 16.0 Å². The van der Waals surface area contributed by atoms with Crippen molar-refractivity contribution < 1.29 is 9.18 Å². The second-order valence-electron chi connectivity index (χ2n) is 4.77. The normalized spacial score (nSPS) is 18.6. The van der Waals surface area contributed by atoms with E-state index in [2.05, 4.69) is 20.3 Å². The zero-order chi connectivity index (χ0) is 14.7. The Bertz CT molecular complexity index is 619. The maximum Gasteiger partial charge on any atom is 0.249 e. The van der Waals surface area contributed by atoms with Gasteiger partial charge in [0, 0.05) is 12.7 Å². The van der Waals surface area contributed by atoms with Crippen molar-refractivity contribution >= 4 is 17.5 Å². The van der Waals surface area contributed by atoms with Crippen LogP contribution >= 0.6 is 0 Å². The van der Waals surface area contributed by atoms with E-state index < -0.39 is 11.9 Å². The van der Waals surface area contributed by atoms with E-state index in [0.717, 1.165) is 24.5 Å². The lowest BCUT2D eigenvalue weighted by Crippen LogP contribution is -2.48. The molecule has 1 saturated heterocycles. The maximum absolute atomic E-state index is 12.8. The molecule has 2 aromatic heterocycles. The molecule has 1 amide bonds. The highest BCUT2D eigenvalue weighted by Gasteiger charge is 2.30. The molecule has 0 saturated carbocycles. The molecule has 1 aliphatic heterocycles. The van der Waals surface area contributed by atoms with Crippen LogP contribution in [0.5, 0.6) is 0 Å². The number of rotatable bonds is 3. The minimum Gasteiger partial charge on any atom is -0.342 e. The van der Waals surface area contributed by atoms with Gasteiger partial charge in [0.15, 0.2) is 5.82 Å². The van der Waals surface area contributed by atoms with Crippen LogP contribution in [0, 0.1) is 5.82 Å². The van der Waals surface area contributed by atoms with Crippen LogP contribution in [0.25, 0.3) is 0 Å². The molecule has 108 valence electrons. The van der Waals surface area contributed by atoms with E-state index in [1.165, 1.54) is 0 Å². The number of amides is 1. The highest BCUT2D eigenvalue weighted by Crippen LogP contribution is 2.21. The number of carbonyl (C=O) groups excluding carboxylic acids is 1. The van der Waals surface area contributed by atoms with Gasteiger partial charge < -0.3 is 10.2 Å². The summed E-state index contributed by atoms with van der Waals surface area (Å²) in [5.74, 6) is -0.308. The van der Waals surface area contributed by atoms with Crippen molar-refractivity contribution in [2.24, 2.45) is 0 Å². The van der Waals surface area contributed by atoms with Crippen molar-refractivity contribution in [1.29, 1.82) is 0 Å². The van der Waals surface area contributed by atoms with Gasteiger partial charge in [-0.1, -0.05) is 0 Å². The fourth-order valence-electron chi connectivity index (χ4n) is 2.32. The number of nitrogens with zero attached hydrogens (tertiary/aromatic N) is 4. The predicted molar refractivity (Wildman–Crippen MR) is 75.2 cm³/mol. The van der Waals surface area contributed by atoms with Crippen LogP contribution < -0.4 is 10.2 Å². The molecule has 0 unspecified atom stereocenters. The molecule has 0 aliphatic carbocycles.